The number of nitrogens with one attached hydrogen (secondary N) is 1. The third-order valence-corrected chi connectivity index (χ3v) is 2.17. The van der Waals surface area contributed by atoms with E-state index in [4.69, 9.17) is 10.2 Å². The van der Waals surface area contributed by atoms with E-state index in [9.17, 15) is 4.79 Å². The molecule has 1 amide bonds. The third-order valence-electron chi connectivity index (χ3n) is 2.17. The van der Waals surface area contributed by atoms with Crippen molar-refractivity contribution in [1.82, 2.24) is 5.32 Å². The van der Waals surface area contributed by atoms with Gasteiger partial charge in [-0.1, -0.05) is 13.0 Å². The zero-order valence-electron chi connectivity index (χ0n) is 7.92. The van der Waals surface area contributed by atoms with Gasteiger partial charge in [-0.2, -0.15) is 0 Å². The van der Waals surface area contributed by atoms with Gasteiger partial charge >= 0.3 is 0 Å². The molecule has 0 rings (SSSR count). The number of hydrogen-bond acceptors (Lipinski definition) is 3. The van der Waals surface area contributed by atoms with E-state index in [1.165, 1.54) is 0 Å². The molecular formula is C9H17NO3. The SMILES string of the molecule is C=CCNC(=O)C(CC)(CO)CO. The van der Waals surface area contributed by atoms with E-state index < -0.39 is 5.41 Å². The molecule has 0 aromatic carbocycles. The van der Waals surface area contributed by atoms with Crippen LogP contribution < -0.4 is 5.32 Å². The molecule has 0 aromatic rings. The zero-order chi connectivity index (χ0) is 10.3. The predicted octanol–water partition coefficient (Wildman–Crippen LogP) is -0.330. The van der Waals surface area contributed by atoms with Gasteiger partial charge in [-0.05, 0) is 6.42 Å². The Kier molecular flexibility index (Phi) is 5.34. The van der Waals surface area contributed by atoms with Gasteiger partial charge in [-0.25, -0.2) is 0 Å². The number of carbonyl (C=O) groups excluding carboxylic acids is 1. The van der Waals surface area contributed by atoms with E-state index in [0.717, 1.165) is 0 Å². The maximum absolute atomic E-state index is 11.4. The lowest BCUT2D eigenvalue weighted by Crippen LogP contribution is -2.45. The molecule has 0 aliphatic heterocycles. The molecule has 0 unspecified atom stereocenters. The molecule has 76 valence electrons. The highest BCUT2D eigenvalue weighted by molar-refractivity contribution is 5.82. The van der Waals surface area contributed by atoms with Crippen molar-refractivity contribution in [1.29, 1.82) is 0 Å². The number of carbonyl (C=O) groups is 1. The van der Waals surface area contributed by atoms with Crippen LogP contribution in [-0.2, 0) is 4.79 Å². The summed E-state index contributed by atoms with van der Waals surface area (Å²) in [7, 11) is 0. The smallest absolute Gasteiger partial charge is 0.231 e. The van der Waals surface area contributed by atoms with Crippen molar-refractivity contribution in [2.45, 2.75) is 13.3 Å². The van der Waals surface area contributed by atoms with Crippen LogP contribution >= 0.6 is 0 Å². The Morgan fingerprint density at radius 1 is 1.54 bits per heavy atom. The molecule has 0 atom stereocenters. The Hall–Kier alpha value is -0.870. The minimum Gasteiger partial charge on any atom is -0.395 e. The number of amides is 1. The molecule has 13 heavy (non-hydrogen) atoms. The van der Waals surface area contributed by atoms with Crippen molar-refractivity contribution in [2.24, 2.45) is 5.41 Å². The molecule has 0 heterocycles. The van der Waals surface area contributed by atoms with Crippen LogP contribution in [0.1, 0.15) is 13.3 Å². The quantitative estimate of drug-likeness (QED) is 0.499. The van der Waals surface area contributed by atoms with Gasteiger partial charge in [0.2, 0.25) is 5.91 Å². The van der Waals surface area contributed by atoms with Gasteiger partial charge in [0.25, 0.3) is 0 Å². The van der Waals surface area contributed by atoms with Crippen LogP contribution in [0.3, 0.4) is 0 Å². The fraction of sp³-hybridized carbons (Fsp3) is 0.667. The lowest BCUT2D eigenvalue weighted by Gasteiger charge is -2.26. The Labute approximate surface area is 78.3 Å². The lowest BCUT2D eigenvalue weighted by atomic mass is 9.86. The molecule has 0 saturated heterocycles. The van der Waals surface area contributed by atoms with Gasteiger partial charge < -0.3 is 15.5 Å². The van der Waals surface area contributed by atoms with Crippen LogP contribution in [0.2, 0.25) is 0 Å². The highest BCUT2D eigenvalue weighted by Gasteiger charge is 2.34. The largest absolute Gasteiger partial charge is 0.395 e. The summed E-state index contributed by atoms with van der Waals surface area (Å²) < 4.78 is 0. The molecule has 3 N–H and O–H groups in total. The number of aliphatic hydroxyl groups excluding tert-OH is 2. The summed E-state index contributed by atoms with van der Waals surface area (Å²) in [5, 5.41) is 20.5. The summed E-state index contributed by atoms with van der Waals surface area (Å²) in [4.78, 5) is 11.4. The second kappa shape index (κ2) is 5.72. The van der Waals surface area contributed by atoms with Crippen molar-refractivity contribution in [3.63, 3.8) is 0 Å². The van der Waals surface area contributed by atoms with Gasteiger partial charge in [0.15, 0.2) is 0 Å². The molecule has 0 bridgehead atoms. The standard InChI is InChI=1S/C9H17NO3/c1-3-5-10-8(13)9(4-2,6-11)7-12/h3,11-12H,1,4-7H2,2H3,(H,10,13). The summed E-state index contributed by atoms with van der Waals surface area (Å²) in [6.07, 6.45) is 1.95. The normalized spacial score (nSPS) is 11.0. The van der Waals surface area contributed by atoms with Gasteiger partial charge in [-0.15, -0.1) is 6.58 Å². The van der Waals surface area contributed by atoms with Gasteiger partial charge in [-0.3, -0.25) is 4.79 Å². The van der Waals surface area contributed by atoms with Crippen LogP contribution in [0.5, 0.6) is 0 Å². The predicted molar refractivity (Wildman–Crippen MR) is 50.1 cm³/mol. The van der Waals surface area contributed by atoms with Crippen LogP contribution in [0.25, 0.3) is 0 Å². The monoisotopic (exact) mass is 187 g/mol. The molecule has 4 heteroatoms. The minimum atomic E-state index is -1.05. The maximum Gasteiger partial charge on any atom is 0.231 e. The number of aliphatic hydroxyl groups is 2. The van der Waals surface area contributed by atoms with E-state index in [-0.39, 0.29) is 19.1 Å². The van der Waals surface area contributed by atoms with Crippen molar-refractivity contribution < 1.29 is 15.0 Å². The molecule has 0 aliphatic rings. The van der Waals surface area contributed by atoms with Crippen molar-refractivity contribution in [2.75, 3.05) is 19.8 Å². The Morgan fingerprint density at radius 2 is 2.08 bits per heavy atom. The first-order valence-corrected chi connectivity index (χ1v) is 4.27. The van der Waals surface area contributed by atoms with Gasteiger partial charge in [0, 0.05) is 6.54 Å². The average Bonchev–Trinajstić information content (AvgIpc) is 2.18. The summed E-state index contributed by atoms with van der Waals surface area (Å²) in [5.74, 6) is -0.333. The van der Waals surface area contributed by atoms with E-state index >= 15 is 0 Å². The van der Waals surface area contributed by atoms with Crippen LogP contribution in [0.4, 0.5) is 0 Å². The summed E-state index contributed by atoms with van der Waals surface area (Å²) in [6.45, 7) is 4.86. The van der Waals surface area contributed by atoms with E-state index in [2.05, 4.69) is 11.9 Å². The highest BCUT2D eigenvalue weighted by Crippen LogP contribution is 2.20. The molecule has 0 fully saturated rings. The summed E-state index contributed by atoms with van der Waals surface area (Å²) in [5.41, 5.74) is -1.05. The molecular weight excluding hydrogens is 170 g/mol. The first-order chi connectivity index (χ1) is 6.16. The fourth-order valence-electron chi connectivity index (χ4n) is 0.930. The van der Waals surface area contributed by atoms with E-state index in [0.29, 0.717) is 13.0 Å². The minimum absolute atomic E-state index is 0.333. The highest BCUT2D eigenvalue weighted by atomic mass is 16.3. The summed E-state index contributed by atoms with van der Waals surface area (Å²) in [6, 6.07) is 0. The molecule has 0 aromatic heterocycles. The molecule has 0 radical (unpaired) electrons. The number of rotatable bonds is 6. The van der Waals surface area contributed by atoms with Crippen molar-refractivity contribution in [3.8, 4) is 0 Å². The van der Waals surface area contributed by atoms with Gasteiger partial charge in [0.1, 0.15) is 0 Å². The topological polar surface area (TPSA) is 69.6 Å². The zero-order valence-corrected chi connectivity index (χ0v) is 7.92. The Bertz CT molecular complexity index is 167. The Morgan fingerprint density at radius 3 is 2.38 bits per heavy atom. The van der Waals surface area contributed by atoms with Crippen LogP contribution in [0, 0.1) is 5.41 Å². The Balaban J connectivity index is 4.34. The third kappa shape index (κ3) is 2.82. The fourth-order valence-corrected chi connectivity index (χ4v) is 0.930. The molecule has 0 aliphatic carbocycles. The maximum atomic E-state index is 11.4. The average molecular weight is 187 g/mol. The second-order valence-corrected chi connectivity index (χ2v) is 2.95. The molecule has 0 spiro atoms. The first-order valence-electron chi connectivity index (χ1n) is 4.27. The summed E-state index contributed by atoms with van der Waals surface area (Å²) >= 11 is 0. The first kappa shape index (κ1) is 12.1. The van der Waals surface area contributed by atoms with Crippen LogP contribution in [-0.4, -0.2) is 35.9 Å². The van der Waals surface area contributed by atoms with Crippen LogP contribution in [0.15, 0.2) is 12.7 Å². The molecule has 4 nitrogen and oxygen atoms in total. The van der Waals surface area contributed by atoms with Crippen molar-refractivity contribution in [3.05, 3.63) is 12.7 Å². The molecule has 0 saturated carbocycles. The number of hydrogen-bond donors (Lipinski definition) is 3. The van der Waals surface area contributed by atoms with E-state index in [1.807, 2.05) is 0 Å². The lowest BCUT2D eigenvalue weighted by molar-refractivity contribution is -0.136. The second-order valence-electron chi connectivity index (χ2n) is 2.95. The van der Waals surface area contributed by atoms with Crippen molar-refractivity contribution >= 4 is 5.91 Å². The van der Waals surface area contributed by atoms with Gasteiger partial charge in [0.05, 0.1) is 18.6 Å². The van der Waals surface area contributed by atoms with E-state index in [1.54, 1.807) is 13.0 Å².